The molecular weight excluding hydrogens is 381 g/mol. The molecule has 28 heavy (non-hydrogen) atoms. The molecule has 2 N–H and O–H groups in total. The van der Waals surface area contributed by atoms with E-state index in [2.05, 4.69) is 22.5 Å². The summed E-state index contributed by atoms with van der Waals surface area (Å²) in [6, 6.07) is 4.40. The molecule has 1 aliphatic carbocycles. The zero-order valence-corrected chi connectivity index (χ0v) is 16.8. The highest BCUT2D eigenvalue weighted by atomic mass is 32.1. The van der Waals surface area contributed by atoms with Gasteiger partial charge >= 0.3 is 0 Å². The fourth-order valence-corrected chi connectivity index (χ4v) is 4.06. The molecule has 1 aliphatic rings. The number of ether oxygens (including phenoxy) is 1. The highest BCUT2D eigenvalue weighted by Gasteiger charge is 2.20. The Morgan fingerprint density at radius 1 is 1.32 bits per heavy atom. The van der Waals surface area contributed by atoms with E-state index < -0.39 is 5.82 Å². The second kappa shape index (κ2) is 9.25. The topological polar surface area (TPSA) is 80.3 Å². The highest BCUT2D eigenvalue weighted by molar-refractivity contribution is 7.14. The number of benzene rings is 1. The first-order valence-electron chi connectivity index (χ1n) is 9.35. The number of nitrogens with zero attached hydrogens (tertiary/aromatic N) is 1. The summed E-state index contributed by atoms with van der Waals surface area (Å²) in [4.78, 5) is 27.5. The van der Waals surface area contributed by atoms with Crippen molar-refractivity contribution in [2.75, 3.05) is 17.2 Å². The molecule has 0 bridgehead atoms. The van der Waals surface area contributed by atoms with Gasteiger partial charge in [0, 0.05) is 23.6 Å². The zero-order valence-electron chi connectivity index (χ0n) is 16.0. The molecule has 0 spiro atoms. The summed E-state index contributed by atoms with van der Waals surface area (Å²) < 4.78 is 20.0. The number of aromatic nitrogens is 1. The Morgan fingerprint density at radius 2 is 2.14 bits per heavy atom. The van der Waals surface area contributed by atoms with E-state index in [1.54, 1.807) is 17.5 Å². The molecule has 0 radical (unpaired) electrons. The van der Waals surface area contributed by atoms with E-state index in [9.17, 15) is 14.0 Å². The van der Waals surface area contributed by atoms with Crippen LogP contribution in [0.4, 0.5) is 15.2 Å². The van der Waals surface area contributed by atoms with Crippen molar-refractivity contribution in [3.63, 3.8) is 0 Å². The number of amides is 2. The van der Waals surface area contributed by atoms with Gasteiger partial charge in [0.05, 0.1) is 11.8 Å². The van der Waals surface area contributed by atoms with Crippen LogP contribution in [0.2, 0.25) is 0 Å². The van der Waals surface area contributed by atoms with E-state index in [-0.39, 0.29) is 24.5 Å². The van der Waals surface area contributed by atoms with Gasteiger partial charge in [0.1, 0.15) is 12.4 Å². The lowest BCUT2D eigenvalue weighted by molar-refractivity contribution is -0.123. The molecule has 8 heteroatoms. The van der Waals surface area contributed by atoms with Crippen LogP contribution in [-0.4, -0.2) is 29.5 Å². The summed E-state index contributed by atoms with van der Waals surface area (Å²) in [6.45, 7) is 3.56. The lowest BCUT2D eigenvalue weighted by Crippen LogP contribution is -2.26. The number of thiazole rings is 1. The van der Waals surface area contributed by atoms with Gasteiger partial charge in [-0.25, -0.2) is 9.37 Å². The largest absolute Gasteiger partial charge is 0.368 e. The molecule has 6 nitrogen and oxygen atoms in total. The van der Waals surface area contributed by atoms with Crippen molar-refractivity contribution in [3.05, 3.63) is 29.4 Å². The SMILES string of the molecule is CC(=O)Nc1ccc(-c2csc(NC(=O)COC3CCCC(C)C3)n2)c(F)c1. The van der Waals surface area contributed by atoms with Gasteiger partial charge < -0.3 is 10.1 Å². The zero-order chi connectivity index (χ0) is 20.1. The number of rotatable bonds is 6. The van der Waals surface area contributed by atoms with Crippen molar-refractivity contribution in [2.45, 2.75) is 45.6 Å². The molecule has 2 amide bonds. The summed E-state index contributed by atoms with van der Waals surface area (Å²) in [5.41, 5.74) is 1.11. The number of nitrogens with one attached hydrogen (secondary N) is 2. The van der Waals surface area contributed by atoms with Gasteiger partial charge in [0.15, 0.2) is 5.13 Å². The fraction of sp³-hybridized carbons (Fsp3) is 0.450. The van der Waals surface area contributed by atoms with Crippen LogP contribution in [0.15, 0.2) is 23.6 Å². The van der Waals surface area contributed by atoms with Crippen LogP contribution in [-0.2, 0) is 14.3 Å². The quantitative estimate of drug-likeness (QED) is 0.744. The molecule has 0 aliphatic heterocycles. The smallest absolute Gasteiger partial charge is 0.252 e. The van der Waals surface area contributed by atoms with Gasteiger partial charge in [0.2, 0.25) is 5.91 Å². The summed E-state index contributed by atoms with van der Waals surface area (Å²) in [5, 5.41) is 7.31. The Labute approximate surface area is 167 Å². The van der Waals surface area contributed by atoms with E-state index in [1.807, 2.05) is 0 Å². The molecule has 1 fully saturated rings. The van der Waals surface area contributed by atoms with E-state index in [0.717, 1.165) is 19.3 Å². The van der Waals surface area contributed by atoms with Crippen LogP contribution in [0.3, 0.4) is 0 Å². The van der Waals surface area contributed by atoms with Crippen molar-refractivity contribution in [1.82, 2.24) is 4.98 Å². The van der Waals surface area contributed by atoms with Gasteiger partial charge in [-0.1, -0.05) is 19.8 Å². The van der Waals surface area contributed by atoms with Crippen LogP contribution >= 0.6 is 11.3 Å². The number of hydrogen-bond donors (Lipinski definition) is 2. The maximum atomic E-state index is 14.3. The predicted molar refractivity (Wildman–Crippen MR) is 108 cm³/mol. The van der Waals surface area contributed by atoms with Crippen molar-refractivity contribution in [1.29, 1.82) is 0 Å². The van der Waals surface area contributed by atoms with Gasteiger partial charge in [-0.15, -0.1) is 11.3 Å². The fourth-order valence-electron chi connectivity index (χ4n) is 3.34. The van der Waals surface area contributed by atoms with Gasteiger partial charge in [-0.3, -0.25) is 14.9 Å². The molecule has 1 heterocycles. The Bertz CT molecular complexity index is 855. The maximum Gasteiger partial charge on any atom is 0.252 e. The van der Waals surface area contributed by atoms with Gasteiger partial charge in [0.25, 0.3) is 5.91 Å². The third-order valence-corrected chi connectivity index (χ3v) is 5.41. The second-order valence-electron chi connectivity index (χ2n) is 7.17. The number of hydrogen-bond acceptors (Lipinski definition) is 5. The molecule has 2 unspecified atom stereocenters. The molecule has 2 atom stereocenters. The minimum atomic E-state index is -0.496. The third-order valence-electron chi connectivity index (χ3n) is 4.65. The third kappa shape index (κ3) is 5.59. The summed E-state index contributed by atoms with van der Waals surface area (Å²) >= 11 is 1.22. The molecule has 1 saturated carbocycles. The van der Waals surface area contributed by atoms with Crippen LogP contribution in [0, 0.1) is 11.7 Å². The van der Waals surface area contributed by atoms with Crippen molar-refractivity contribution in [2.24, 2.45) is 5.92 Å². The van der Waals surface area contributed by atoms with Crippen molar-refractivity contribution in [3.8, 4) is 11.3 Å². The minimum absolute atomic E-state index is 0.00786. The molecular formula is C20H24FN3O3S. The van der Waals surface area contributed by atoms with E-state index in [4.69, 9.17) is 4.74 Å². The summed E-state index contributed by atoms with van der Waals surface area (Å²) in [5.74, 6) is -0.393. The van der Waals surface area contributed by atoms with E-state index >= 15 is 0 Å². The standard InChI is InChI=1S/C20H24FN3O3S/c1-12-4-3-5-15(8-12)27-10-19(26)24-20-23-18(11-28-20)16-7-6-14(9-17(16)21)22-13(2)25/h6-7,9,11-12,15H,3-5,8,10H2,1-2H3,(H,22,25)(H,23,24,26). The van der Waals surface area contributed by atoms with Crippen molar-refractivity contribution >= 4 is 34.0 Å². The lowest BCUT2D eigenvalue weighted by Gasteiger charge is -2.26. The summed E-state index contributed by atoms with van der Waals surface area (Å²) in [7, 11) is 0. The van der Waals surface area contributed by atoms with Crippen LogP contribution in [0.5, 0.6) is 0 Å². The monoisotopic (exact) mass is 405 g/mol. The average molecular weight is 405 g/mol. The first-order chi connectivity index (χ1) is 13.4. The first-order valence-corrected chi connectivity index (χ1v) is 10.2. The molecule has 150 valence electrons. The van der Waals surface area contributed by atoms with E-state index in [0.29, 0.717) is 28.0 Å². The Kier molecular flexibility index (Phi) is 6.74. The lowest BCUT2D eigenvalue weighted by atomic mass is 9.89. The van der Waals surface area contributed by atoms with Crippen molar-refractivity contribution < 1.29 is 18.7 Å². The predicted octanol–water partition coefficient (Wildman–Crippen LogP) is 4.44. The van der Waals surface area contributed by atoms with Crippen LogP contribution < -0.4 is 10.6 Å². The number of carbonyl (C=O) groups is 2. The van der Waals surface area contributed by atoms with E-state index in [1.165, 1.54) is 30.7 Å². The normalized spacial score (nSPS) is 19.2. The average Bonchev–Trinajstić information content (AvgIpc) is 3.08. The molecule has 3 rings (SSSR count). The Balaban J connectivity index is 1.56. The van der Waals surface area contributed by atoms with Crippen LogP contribution in [0.25, 0.3) is 11.3 Å². The van der Waals surface area contributed by atoms with Gasteiger partial charge in [-0.05, 0) is 37.0 Å². The molecule has 0 saturated heterocycles. The number of carbonyl (C=O) groups excluding carboxylic acids is 2. The first kappa shape index (κ1) is 20.4. The van der Waals surface area contributed by atoms with Gasteiger partial charge in [-0.2, -0.15) is 0 Å². The summed E-state index contributed by atoms with van der Waals surface area (Å²) in [6.07, 6.45) is 4.47. The number of anilines is 2. The Hall–Kier alpha value is -2.32. The number of halogens is 1. The second-order valence-corrected chi connectivity index (χ2v) is 8.02. The Morgan fingerprint density at radius 3 is 2.86 bits per heavy atom. The molecule has 1 aromatic heterocycles. The van der Waals surface area contributed by atoms with Crippen LogP contribution in [0.1, 0.15) is 39.5 Å². The molecule has 1 aromatic carbocycles. The highest BCUT2D eigenvalue weighted by Crippen LogP contribution is 2.29. The molecule has 2 aromatic rings. The minimum Gasteiger partial charge on any atom is -0.368 e. The maximum absolute atomic E-state index is 14.3.